The summed E-state index contributed by atoms with van der Waals surface area (Å²) in [4.78, 5) is 0. The maximum absolute atomic E-state index is 5.54. The number of hydrogen-bond acceptors (Lipinski definition) is 0. The van der Waals surface area contributed by atoms with Gasteiger partial charge in [0.05, 0.1) is 0 Å². The number of halogens is 2. The lowest BCUT2D eigenvalue weighted by atomic mass is 10.4. The molecule has 0 radical (unpaired) electrons. The summed E-state index contributed by atoms with van der Waals surface area (Å²) in [7, 11) is 0. The van der Waals surface area contributed by atoms with E-state index in [-0.39, 0.29) is 0 Å². The number of hydrogen-bond donors (Lipinski definition) is 0. The van der Waals surface area contributed by atoms with Gasteiger partial charge in [0.2, 0.25) is 0 Å². The molecule has 0 aliphatic heterocycles. The topological polar surface area (TPSA) is 0 Å². The fourth-order valence-electron chi connectivity index (χ4n) is 0.273. The normalized spacial score (nSPS) is 14.5. The summed E-state index contributed by atoms with van der Waals surface area (Å²) in [5.41, 5.74) is 0. The van der Waals surface area contributed by atoms with Crippen molar-refractivity contribution in [2.75, 3.05) is 0 Å². The molecule has 0 unspecified atom stereocenters. The van der Waals surface area contributed by atoms with Gasteiger partial charge in [-0.05, 0) is 19.9 Å². The van der Waals surface area contributed by atoms with Gasteiger partial charge in [-0.2, -0.15) is 0 Å². The van der Waals surface area contributed by atoms with Gasteiger partial charge >= 0.3 is 0 Å². The van der Waals surface area contributed by atoms with Gasteiger partial charge in [-0.25, -0.2) is 0 Å². The van der Waals surface area contributed by atoms with Crippen LogP contribution in [-0.2, 0) is 0 Å². The fraction of sp³-hybridized carbons (Fsp3) is 0.333. The Balaban J connectivity index is 3.89. The van der Waals surface area contributed by atoms with Gasteiger partial charge in [-0.1, -0.05) is 33.6 Å². The van der Waals surface area contributed by atoms with Gasteiger partial charge in [0.1, 0.15) is 0 Å². The Kier molecular flexibility index (Phi) is 4.29. The highest BCUT2D eigenvalue weighted by molar-refractivity contribution is 9.11. The first kappa shape index (κ1) is 8.25. The van der Waals surface area contributed by atoms with Crippen LogP contribution in [0.25, 0.3) is 0 Å². The summed E-state index contributed by atoms with van der Waals surface area (Å²) in [5, 5.41) is 0.787. The number of rotatable bonds is 1. The smallest absolute Gasteiger partial charge is 0.0161 e. The van der Waals surface area contributed by atoms with Gasteiger partial charge in [0.25, 0.3) is 0 Å². The SMILES string of the molecule is CC=C(Br)C=C(C)Cl. The summed E-state index contributed by atoms with van der Waals surface area (Å²) >= 11 is 8.82. The third-order valence-corrected chi connectivity index (χ3v) is 1.41. The van der Waals surface area contributed by atoms with Crippen molar-refractivity contribution < 1.29 is 0 Å². The summed E-state index contributed by atoms with van der Waals surface area (Å²) in [5.74, 6) is 0. The molecule has 0 atom stereocenters. The lowest BCUT2D eigenvalue weighted by molar-refractivity contribution is 1.62. The second kappa shape index (κ2) is 4.16. The molecule has 0 heterocycles. The van der Waals surface area contributed by atoms with Crippen LogP contribution in [0.15, 0.2) is 21.7 Å². The summed E-state index contributed by atoms with van der Waals surface area (Å²) < 4.78 is 1.02. The van der Waals surface area contributed by atoms with E-state index >= 15 is 0 Å². The lowest BCUT2D eigenvalue weighted by Gasteiger charge is -1.84. The van der Waals surface area contributed by atoms with Crippen molar-refractivity contribution in [3.05, 3.63) is 21.7 Å². The van der Waals surface area contributed by atoms with E-state index in [1.807, 2.05) is 26.0 Å². The van der Waals surface area contributed by atoms with Crippen LogP contribution in [0.2, 0.25) is 0 Å². The third kappa shape index (κ3) is 4.41. The molecular formula is C6H8BrCl. The summed E-state index contributed by atoms with van der Waals surface area (Å²) in [6, 6.07) is 0. The second-order valence-electron chi connectivity index (χ2n) is 1.40. The Morgan fingerprint density at radius 1 is 1.62 bits per heavy atom. The van der Waals surface area contributed by atoms with Crippen molar-refractivity contribution in [2.24, 2.45) is 0 Å². The van der Waals surface area contributed by atoms with E-state index in [4.69, 9.17) is 11.6 Å². The molecule has 0 aromatic rings. The van der Waals surface area contributed by atoms with Crippen LogP contribution >= 0.6 is 27.5 Å². The molecule has 0 saturated carbocycles. The maximum Gasteiger partial charge on any atom is 0.0161 e. The molecule has 0 aromatic heterocycles. The summed E-state index contributed by atoms with van der Waals surface area (Å²) in [6.45, 7) is 3.78. The van der Waals surface area contributed by atoms with Crippen LogP contribution in [0.5, 0.6) is 0 Å². The van der Waals surface area contributed by atoms with Crippen molar-refractivity contribution in [2.45, 2.75) is 13.8 Å². The van der Waals surface area contributed by atoms with Crippen LogP contribution in [-0.4, -0.2) is 0 Å². The highest BCUT2D eigenvalue weighted by Crippen LogP contribution is 2.10. The van der Waals surface area contributed by atoms with Crippen LogP contribution < -0.4 is 0 Å². The van der Waals surface area contributed by atoms with Crippen LogP contribution in [0.3, 0.4) is 0 Å². The average Bonchev–Trinajstić information content (AvgIpc) is 1.65. The van der Waals surface area contributed by atoms with E-state index in [2.05, 4.69) is 15.9 Å². The zero-order valence-corrected chi connectivity index (χ0v) is 7.25. The maximum atomic E-state index is 5.54. The molecule has 0 bridgehead atoms. The van der Waals surface area contributed by atoms with Gasteiger partial charge < -0.3 is 0 Å². The van der Waals surface area contributed by atoms with Crippen LogP contribution in [0, 0.1) is 0 Å². The van der Waals surface area contributed by atoms with Gasteiger partial charge in [0.15, 0.2) is 0 Å². The van der Waals surface area contributed by atoms with Crippen molar-refractivity contribution in [1.82, 2.24) is 0 Å². The van der Waals surface area contributed by atoms with Crippen LogP contribution in [0.4, 0.5) is 0 Å². The van der Waals surface area contributed by atoms with Crippen LogP contribution in [0.1, 0.15) is 13.8 Å². The molecule has 0 fully saturated rings. The Hall–Kier alpha value is 0.250. The molecule has 2 heteroatoms. The van der Waals surface area contributed by atoms with E-state index in [9.17, 15) is 0 Å². The highest BCUT2D eigenvalue weighted by Gasteiger charge is 1.81. The molecule has 46 valence electrons. The Bertz CT molecular complexity index is 120. The molecule has 0 aliphatic carbocycles. The molecule has 0 saturated heterocycles. The minimum absolute atomic E-state index is 0.787. The molecular weight excluding hydrogens is 187 g/mol. The molecule has 0 rings (SSSR count). The Labute approximate surface area is 63.4 Å². The zero-order chi connectivity index (χ0) is 6.57. The minimum Gasteiger partial charge on any atom is -0.0894 e. The monoisotopic (exact) mass is 194 g/mol. The average molecular weight is 195 g/mol. The van der Waals surface area contributed by atoms with Crippen molar-refractivity contribution in [3.63, 3.8) is 0 Å². The molecule has 0 N–H and O–H groups in total. The standard InChI is InChI=1S/C6H8BrCl/c1-3-6(7)4-5(2)8/h3-4H,1-2H3. The minimum atomic E-state index is 0.787. The third-order valence-electron chi connectivity index (χ3n) is 0.613. The predicted molar refractivity (Wildman–Crippen MR) is 42.3 cm³/mol. The highest BCUT2D eigenvalue weighted by atomic mass is 79.9. The molecule has 8 heavy (non-hydrogen) atoms. The van der Waals surface area contributed by atoms with E-state index in [1.165, 1.54) is 0 Å². The lowest BCUT2D eigenvalue weighted by Crippen LogP contribution is -1.60. The molecule has 0 spiro atoms. The van der Waals surface area contributed by atoms with Crippen molar-refractivity contribution >= 4 is 27.5 Å². The molecule has 0 nitrogen and oxygen atoms in total. The van der Waals surface area contributed by atoms with E-state index < -0.39 is 0 Å². The summed E-state index contributed by atoms with van der Waals surface area (Å²) in [6.07, 6.45) is 3.79. The van der Waals surface area contributed by atoms with E-state index in [1.54, 1.807) is 0 Å². The predicted octanol–water partition coefficient (Wildman–Crippen LogP) is 3.43. The first-order chi connectivity index (χ1) is 3.66. The van der Waals surface area contributed by atoms with E-state index in [0.29, 0.717) is 0 Å². The quantitative estimate of drug-likeness (QED) is 0.563. The molecule has 0 aliphatic rings. The molecule has 0 aromatic carbocycles. The van der Waals surface area contributed by atoms with Crippen molar-refractivity contribution in [3.8, 4) is 0 Å². The second-order valence-corrected chi connectivity index (χ2v) is 2.92. The van der Waals surface area contributed by atoms with Gasteiger partial charge in [0, 0.05) is 9.51 Å². The number of allylic oxidation sites excluding steroid dienone is 4. The Morgan fingerprint density at radius 2 is 2.12 bits per heavy atom. The first-order valence-electron chi connectivity index (χ1n) is 2.32. The Morgan fingerprint density at radius 3 is 2.25 bits per heavy atom. The van der Waals surface area contributed by atoms with Crippen molar-refractivity contribution in [1.29, 1.82) is 0 Å². The van der Waals surface area contributed by atoms with Gasteiger partial charge in [-0.3, -0.25) is 0 Å². The first-order valence-corrected chi connectivity index (χ1v) is 3.49. The van der Waals surface area contributed by atoms with Gasteiger partial charge in [-0.15, -0.1) is 0 Å². The van der Waals surface area contributed by atoms with E-state index in [0.717, 1.165) is 9.51 Å². The molecule has 0 amide bonds. The zero-order valence-electron chi connectivity index (χ0n) is 4.91. The largest absolute Gasteiger partial charge is 0.0894 e. The fourth-order valence-corrected chi connectivity index (χ4v) is 0.866.